The van der Waals surface area contributed by atoms with E-state index in [0.29, 0.717) is 18.1 Å². The van der Waals surface area contributed by atoms with Crippen LogP contribution >= 0.6 is 0 Å². The fourth-order valence-corrected chi connectivity index (χ4v) is 3.49. The molecule has 1 aliphatic heterocycles. The van der Waals surface area contributed by atoms with Crippen LogP contribution in [-0.2, 0) is 4.74 Å². The number of hydrogen-bond acceptors (Lipinski definition) is 2. The first-order valence-corrected chi connectivity index (χ1v) is 7.15. The second-order valence-electron chi connectivity index (χ2n) is 5.83. The van der Waals surface area contributed by atoms with Crippen molar-refractivity contribution in [3.63, 3.8) is 0 Å². The zero-order valence-corrected chi connectivity index (χ0v) is 11.3. The van der Waals surface area contributed by atoms with E-state index >= 15 is 0 Å². The van der Waals surface area contributed by atoms with Crippen molar-refractivity contribution < 1.29 is 4.74 Å². The van der Waals surface area contributed by atoms with Gasteiger partial charge in [0, 0.05) is 12.6 Å². The smallest absolute Gasteiger partial charge is 0.0757 e. The van der Waals surface area contributed by atoms with Crippen LogP contribution in [0.4, 0.5) is 0 Å². The maximum absolute atomic E-state index is 5.94. The van der Waals surface area contributed by atoms with E-state index in [0.717, 1.165) is 18.4 Å². The summed E-state index contributed by atoms with van der Waals surface area (Å²) < 4.78 is 5.94. The predicted molar refractivity (Wildman–Crippen MR) is 73.7 cm³/mol. The molecular formula is C16H23NO. The normalized spacial score (nSPS) is 36.6. The van der Waals surface area contributed by atoms with Gasteiger partial charge in [-0.1, -0.05) is 37.3 Å². The molecule has 2 nitrogen and oxygen atoms in total. The van der Waals surface area contributed by atoms with Crippen molar-refractivity contribution in [2.45, 2.75) is 37.8 Å². The van der Waals surface area contributed by atoms with E-state index in [-0.39, 0.29) is 0 Å². The molecule has 0 aromatic heterocycles. The number of nitrogens with one attached hydrogen (secondary N) is 1. The molecule has 1 aromatic carbocycles. The Hall–Kier alpha value is -0.860. The Kier molecular flexibility index (Phi) is 3.40. The van der Waals surface area contributed by atoms with E-state index in [1.54, 1.807) is 0 Å². The first-order chi connectivity index (χ1) is 8.81. The third-order valence-electron chi connectivity index (χ3n) is 4.66. The van der Waals surface area contributed by atoms with Gasteiger partial charge in [-0.25, -0.2) is 0 Å². The van der Waals surface area contributed by atoms with Crippen LogP contribution in [0.15, 0.2) is 30.3 Å². The highest BCUT2D eigenvalue weighted by Gasteiger charge is 2.48. The topological polar surface area (TPSA) is 21.3 Å². The summed E-state index contributed by atoms with van der Waals surface area (Å²) in [6, 6.07) is 11.4. The average molecular weight is 245 g/mol. The Labute approximate surface area is 110 Å². The van der Waals surface area contributed by atoms with Gasteiger partial charge in [0.1, 0.15) is 0 Å². The van der Waals surface area contributed by atoms with Gasteiger partial charge in [-0.05, 0) is 43.2 Å². The molecule has 0 bridgehead atoms. The lowest BCUT2D eigenvalue weighted by molar-refractivity contribution is 0.0559. The number of hydrogen-bond donors (Lipinski definition) is 1. The third kappa shape index (κ3) is 2.19. The zero-order valence-electron chi connectivity index (χ0n) is 11.3. The van der Waals surface area contributed by atoms with Crippen LogP contribution < -0.4 is 5.32 Å². The van der Waals surface area contributed by atoms with E-state index in [2.05, 4.69) is 49.6 Å². The fourth-order valence-electron chi connectivity index (χ4n) is 3.49. The Bertz CT molecular complexity index is 391. The van der Waals surface area contributed by atoms with E-state index < -0.39 is 0 Å². The van der Waals surface area contributed by atoms with Gasteiger partial charge in [-0.3, -0.25) is 0 Å². The lowest BCUT2D eigenvalue weighted by Crippen LogP contribution is -2.42. The second kappa shape index (κ2) is 5.02. The number of likely N-dealkylation sites (N-methyl/N-ethyl adjacent to an activating group) is 1. The number of ether oxygens (including phenoxy) is 1. The SMILES string of the molecule is CNC(C1CC1c1ccccc1)C1OCCC1C. The van der Waals surface area contributed by atoms with Crippen molar-refractivity contribution in [1.29, 1.82) is 0 Å². The van der Waals surface area contributed by atoms with Crippen molar-refractivity contribution in [3.8, 4) is 0 Å². The summed E-state index contributed by atoms with van der Waals surface area (Å²) in [7, 11) is 2.08. The predicted octanol–water partition coefficient (Wildman–Crippen LogP) is 2.80. The van der Waals surface area contributed by atoms with Crippen LogP contribution in [0.2, 0.25) is 0 Å². The van der Waals surface area contributed by atoms with Crippen LogP contribution in [0.25, 0.3) is 0 Å². The molecular weight excluding hydrogens is 222 g/mol. The minimum atomic E-state index is 0.411. The maximum atomic E-state index is 5.94. The van der Waals surface area contributed by atoms with Crippen LogP contribution in [0.1, 0.15) is 31.2 Å². The van der Waals surface area contributed by atoms with Gasteiger partial charge in [0.15, 0.2) is 0 Å². The molecule has 18 heavy (non-hydrogen) atoms. The lowest BCUT2D eigenvalue weighted by Gasteiger charge is -2.26. The molecule has 3 rings (SSSR count). The largest absolute Gasteiger partial charge is 0.376 e. The summed E-state index contributed by atoms with van der Waals surface area (Å²) in [5.74, 6) is 2.18. The summed E-state index contributed by atoms with van der Waals surface area (Å²) in [6.07, 6.45) is 2.93. The summed E-state index contributed by atoms with van der Waals surface area (Å²) in [5, 5.41) is 3.51. The molecule has 5 unspecified atom stereocenters. The standard InChI is InChI=1S/C16H23NO/c1-11-8-9-18-16(11)15(17-2)14-10-13(14)12-6-4-3-5-7-12/h3-7,11,13-17H,8-10H2,1-2H3. The molecule has 1 aromatic rings. The minimum absolute atomic E-state index is 0.411. The van der Waals surface area contributed by atoms with Crippen LogP contribution in [0, 0.1) is 11.8 Å². The van der Waals surface area contributed by atoms with Gasteiger partial charge < -0.3 is 10.1 Å². The zero-order chi connectivity index (χ0) is 12.5. The van der Waals surface area contributed by atoms with E-state index in [1.165, 1.54) is 18.4 Å². The van der Waals surface area contributed by atoms with Crippen molar-refractivity contribution >= 4 is 0 Å². The van der Waals surface area contributed by atoms with Gasteiger partial charge >= 0.3 is 0 Å². The summed E-state index contributed by atoms with van der Waals surface area (Å²) >= 11 is 0. The third-order valence-corrected chi connectivity index (χ3v) is 4.66. The Morgan fingerprint density at radius 1 is 1.28 bits per heavy atom. The van der Waals surface area contributed by atoms with Crippen LogP contribution in [0.5, 0.6) is 0 Å². The van der Waals surface area contributed by atoms with Crippen LogP contribution in [-0.4, -0.2) is 25.8 Å². The molecule has 98 valence electrons. The van der Waals surface area contributed by atoms with Gasteiger partial charge in [0.25, 0.3) is 0 Å². The van der Waals surface area contributed by atoms with E-state index in [1.807, 2.05) is 0 Å². The first-order valence-electron chi connectivity index (χ1n) is 7.15. The van der Waals surface area contributed by atoms with Gasteiger partial charge in [-0.2, -0.15) is 0 Å². The fraction of sp³-hybridized carbons (Fsp3) is 0.625. The first kappa shape index (κ1) is 12.2. The summed E-state index contributed by atoms with van der Waals surface area (Å²) in [6.45, 7) is 3.26. The summed E-state index contributed by atoms with van der Waals surface area (Å²) in [4.78, 5) is 0. The highest BCUT2D eigenvalue weighted by Crippen LogP contribution is 2.51. The number of benzene rings is 1. The van der Waals surface area contributed by atoms with Crippen LogP contribution in [0.3, 0.4) is 0 Å². The molecule has 2 heteroatoms. The molecule has 5 atom stereocenters. The Morgan fingerprint density at radius 2 is 2.06 bits per heavy atom. The molecule has 2 aliphatic rings. The van der Waals surface area contributed by atoms with Gasteiger partial charge in [0.05, 0.1) is 6.10 Å². The van der Waals surface area contributed by atoms with Gasteiger partial charge in [-0.15, -0.1) is 0 Å². The molecule has 1 saturated heterocycles. The van der Waals surface area contributed by atoms with E-state index in [4.69, 9.17) is 4.74 Å². The van der Waals surface area contributed by atoms with E-state index in [9.17, 15) is 0 Å². The van der Waals surface area contributed by atoms with Crippen molar-refractivity contribution in [1.82, 2.24) is 5.32 Å². The Balaban J connectivity index is 1.68. The molecule has 2 fully saturated rings. The number of rotatable bonds is 4. The molecule has 0 radical (unpaired) electrons. The summed E-state index contributed by atoms with van der Waals surface area (Å²) in [5.41, 5.74) is 1.49. The molecule has 0 amide bonds. The minimum Gasteiger partial charge on any atom is -0.376 e. The lowest BCUT2D eigenvalue weighted by atomic mass is 9.93. The Morgan fingerprint density at radius 3 is 2.67 bits per heavy atom. The average Bonchev–Trinajstić information content (AvgIpc) is 3.08. The second-order valence-corrected chi connectivity index (χ2v) is 5.83. The quantitative estimate of drug-likeness (QED) is 0.880. The molecule has 1 N–H and O–H groups in total. The molecule has 0 spiro atoms. The maximum Gasteiger partial charge on any atom is 0.0757 e. The molecule has 1 saturated carbocycles. The van der Waals surface area contributed by atoms with Gasteiger partial charge in [0.2, 0.25) is 0 Å². The highest BCUT2D eigenvalue weighted by molar-refractivity contribution is 5.27. The van der Waals surface area contributed by atoms with Crippen molar-refractivity contribution in [2.24, 2.45) is 11.8 Å². The highest BCUT2D eigenvalue weighted by atomic mass is 16.5. The van der Waals surface area contributed by atoms with Crippen molar-refractivity contribution in [3.05, 3.63) is 35.9 Å². The molecule has 1 aliphatic carbocycles. The monoisotopic (exact) mass is 245 g/mol. The van der Waals surface area contributed by atoms with Crippen molar-refractivity contribution in [2.75, 3.05) is 13.7 Å². The molecule has 1 heterocycles.